The maximum atomic E-state index is 12.3. The molecule has 17 heavy (non-hydrogen) atoms. The summed E-state index contributed by atoms with van der Waals surface area (Å²) in [6, 6.07) is 0. The Labute approximate surface area is 106 Å². The van der Waals surface area contributed by atoms with Crippen LogP contribution in [0.4, 0.5) is 0 Å². The van der Waals surface area contributed by atoms with Gasteiger partial charge in [0.2, 0.25) is 5.91 Å². The van der Waals surface area contributed by atoms with Crippen LogP contribution in [0.2, 0.25) is 0 Å². The van der Waals surface area contributed by atoms with Gasteiger partial charge < -0.3 is 10.0 Å². The second-order valence-electron chi connectivity index (χ2n) is 4.89. The van der Waals surface area contributed by atoms with Crippen LogP contribution in [0.5, 0.6) is 0 Å². The molecule has 2 aliphatic rings. The van der Waals surface area contributed by atoms with E-state index in [2.05, 4.69) is 6.92 Å². The van der Waals surface area contributed by atoms with Crippen LogP contribution < -0.4 is 0 Å². The fourth-order valence-electron chi connectivity index (χ4n) is 2.50. The first-order chi connectivity index (χ1) is 8.10. The number of carboxylic acids is 1. The molecule has 2 rings (SSSR count). The summed E-state index contributed by atoms with van der Waals surface area (Å²) in [6.45, 7) is 3.53. The summed E-state index contributed by atoms with van der Waals surface area (Å²) < 4.78 is 0. The summed E-state index contributed by atoms with van der Waals surface area (Å²) in [5, 5.41) is 9.73. The second kappa shape index (κ2) is 4.88. The van der Waals surface area contributed by atoms with E-state index in [-0.39, 0.29) is 5.91 Å². The third-order valence-electron chi connectivity index (χ3n) is 3.91. The summed E-state index contributed by atoms with van der Waals surface area (Å²) in [5.74, 6) is -0.144. The summed E-state index contributed by atoms with van der Waals surface area (Å²) in [7, 11) is 0. The molecule has 1 aliphatic heterocycles. The van der Waals surface area contributed by atoms with Gasteiger partial charge in [-0.05, 0) is 19.3 Å². The first kappa shape index (κ1) is 12.7. The Morgan fingerprint density at radius 2 is 2.18 bits per heavy atom. The topological polar surface area (TPSA) is 57.6 Å². The summed E-state index contributed by atoms with van der Waals surface area (Å²) in [4.78, 5) is 25.4. The van der Waals surface area contributed by atoms with Gasteiger partial charge in [-0.25, -0.2) is 0 Å². The molecule has 96 valence electrons. The number of thioether (sulfide) groups is 1. The molecular formula is C12H19NO3S. The third kappa shape index (κ3) is 2.17. The zero-order valence-corrected chi connectivity index (χ0v) is 11.0. The summed E-state index contributed by atoms with van der Waals surface area (Å²) in [5.41, 5.74) is -1.08. The number of amides is 1. The number of rotatable bonds is 3. The number of carbonyl (C=O) groups excluding carboxylic acids is 1. The van der Waals surface area contributed by atoms with Crippen molar-refractivity contribution >= 4 is 23.6 Å². The molecule has 0 aromatic carbocycles. The molecule has 1 amide bonds. The van der Waals surface area contributed by atoms with Gasteiger partial charge in [-0.2, -0.15) is 11.8 Å². The lowest BCUT2D eigenvalue weighted by atomic mass is 9.67. The van der Waals surface area contributed by atoms with E-state index in [0.717, 1.165) is 25.1 Å². The van der Waals surface area contributed by atoms with Crippen LogP contribution in [0.1, 0.15) is 32.6 Å². The quantitative estimate of drug-likeness (QED) is 0.780. The van der Waals surface area contributed by atoms with Crippen molar-refractivity contribution in [2.24, 2.45) is 5.41 Å². The molecule has 1 heterocycles. The maximum Gasteiger partial charge on any atom is 0.319 e. The van der Waals surface area contributed by atoms with E-state index in [1.807, 2.05) is 11.8 Å². The lowest BCUT2D eigenvalue weighted by Crippen LogP contribution is -2.55. The molecule has 0 bridgehead atoms. The monoisotopic (exact) mass is 257 g/mol. The van der Waals surface area contributed by atoms with E-state index in [4.69, 9.17) is 0 Å². The largest absolute Gasteiger partial charge is 0.480 e. The number of hydrogen-bond acceptors (Lipinski definition) is 3. The Kier molecular flexibility index (Phi) is 3.66. The molecule has 0 spiro atoms. The van der Waals surface area contributed by atoms with E-state index >= 15 is 0 Å². The van der Waals surface area contributed by atoms with Gasteiger partial charge in [0.05, 0.1) is 0 Å². The third-order valence-corrected chi connectivity index (χ3v) is 5.28. The second-order valence-corrected chi connectivity index (χ2v) is 6.30. The minimum atomic E-state index is -1.08. The normalized spacial score (nSPS) is 27.4. The molecule has 4 nitrogen and oxygen atoms in total. The minimum absolute atomic E-state index is 0.144. The summed E-state index contributed by atoms with van der Waals surface area (Å²) >= 11 is 1.89. The number of carbonyl (C=O) groups is 2. The van der Waals surface area contributed by atoms with Crippen molar-refractivity contribution in [1.82, 2.24) is 4.90 Å². The van der Waals surface area contributed by atoms with Crippen molar-refractivity contribution in [2.75, 3.05) is 18.8 Å². The average molecular weight is 257 g/mol. The molecular weight excluding hydrogens is 238 g/mol. The van der Waals surface area contributed by atoms with Crippen molar-refractivity contribution in [3.05, 3.63) is 0 Å². The molecule has 1 saturated carbocycles. The smallest absolute Gasteiger partial charge is 0.319 e. The van der Waals surface area contributed by atoms with Gasteiger partial charge in [0.15, 0.2) is 0 Å². The van der Waals surface area contributed by atoms with E-state index < -0.39 is 11.4 Å². The van der Waals surface area contributed by atoms with Crippen LogP contribution >= 0.6 is 11.8 Å². The highest BCUT2D eigenvalue weighted by molar-refractivity contribution is 8.00. The Morgan fingerprint density at radius 1 is 1.47 bits per heavy atom. The number of nitrogens with zero attached hydrogens (tertiary/aromatic N) is 1. The van der Waals surface area contributed by atoms with E-state index in [0.29, 0.717) is 24.6 Å². The Hall–Kier alpha value is -0.710. The number of carboxylic acid groups (broad SMARTS) is 1. The molecule has 1 N–H and O–H groups in total. The van der Waals surface area contributed by atoms with Gasteiger partial charge in [-0.3, -0.25) is 9.59 Å². The molecule has 1 aliphatic carbocycles. The van der Waals surface area contributed by atoms with E-state index in [9.17, 15) is 14.7 Å². The fourth-order valence-corrected chi connectivity index (χ4v) is 3.68. The van der Waals surface area contributed by atoms with Crippen molar-refractivity contribution in [1.29, 1.82) is 0 Å². The predicted molar refractivity (Wildman–Crippen MR) is 67.0 cm³/mol. The van der Waals surface area contributed by atoms with Crippen molar-refractivity contribution < 1.29 is 14.7 Å². The van der Waals surface area contributed by atoms with Crippen LogP contribution in [0, 0.1) is 5.41 Å². The molecule has 2 fully saturated rings. The van der Waals surface area contributed by atoms with Crippen LogP contribution in [0.3, 0.4) is 0 Å². The minimum Gasteiger partial charge on any atom is -0.480 e. The zero-order chi connectivity index (χ0) is 12.5. The molecule has 0 radical (unpaired) electrons. The highest BCUT2D eigenvalue weighted by Crippen LogP contribution is 2.43. The number of aliphatic carboxylic acids is 1. The number of hydrogen-bond donors (Lipinski definition) is 1. The average Bonchev–Trinajstić information content (AvgIpc) is 2.27. The van der Waals surface area contributed by atoms with E-state index in [1.165, 1.54) is 0 Å². The lowest BCUT2D eigenvalue weighted by Gasteiger charge is -2.42. The molecule has 1 unspecified atom stereocenters. The Balaban J connectivity index is 2.06. The molecule has 5 heteroatoms. The highest BCUT2D eigenvalue weighted by atomic mass is 32.2. The Morgan fingerprint density at radius 3 is 2.65 bits per heavy atom. The van der Waals surface area contributed by atoms with Gasteiger partial charge in [-0.15, -0.1) is 0 Å². The standard InChI is InChI=1S/C12H19NO3S/c1-2-9-8-13(6-7-17-9)10(14)12(11(15)16)4-3-5-12/h9H,2-8H2,1H3,(H,15,16). The van der Waals surface area contributed by atoms with Gasteiger partial charge in [0.1, 0.15) is 5.41 Å². The van der Waals surface area contributed by atoms with Crippen LogP contribution in [0.15, 0.2) is 0 Å². The molecule has 1 saturated heterocycles. The highest BCUT2D eigenvalue weighted by Gasteiger charge is 2.53. The lowest BCUT2D eigenvalue weighted by molar-refractivity contribution is -0.167. The van der Waals surface area contributed by atoms with Gasteiger partial charge in [-0.1, -0.05) is 13.3 Å². The van der Waals surface area contributed by atoms with Gasteiger partial charge in [0, 0.05) is 24.1 Å². The molecule has 0 aromatic heterocycles. The van der Waals surface area contributed by atoms with Gasteiger partial charge in [0.25, 0.3) is 0 Å². The van der Waals surface area contributed by atoms with Gasteiger partial charge >= 0.3 is 5.97 Å². The van der Waals surface area contributed by atoms with Crippen LogP contribution in [0.25, 0.3) is 0 Å². The van der Waals surface area contributed by atoms with Crippen LogP contribution in [-0.4, -0.2) is 46.0 Å². The SMILES string of the molecule is CCC1CN(C(=O)C2(C(=O)O)CCC2)CCS1. The molecule has 1 atom stereocenters. The van der Waals surface area contributed by atoms with E-state index in [1.54, 1.807) is 4.90 Å². The molecule has 0 aromatic rings. The van der Waals surface area contributed by atoms with Crippen molar-refractivity contribution in [2.45, 2.75) is 37.9 Å². The summed E-state index contributed by atoms with van der Waals surface area (Å²) in [6.07, 6.45) is 2.93. The van der Waals surface area contributed by atoms with Crippen molar-refractivity contribution in [3.63, 3.8) is 0 Å². The maximum absolute atomic E-state index is 12.3. The first-order valence-electron chi connectivity index (χ1n) is 6.24. The fraction of sp³-hybridized carbons (Fsp3) is 0.833. The predicted octanol–water partition coefficient (Wildman–Crippen LogP) is 1.60. The van der Waals surface area contributed by atoms with Crippen molar-refractivity contribution in [3.8, 4) is 0 Å². The van der Waals surface area contributed by atoms with Crippen LogP contribution in [-0.2, 0) is 9.59 Å². The first-order valence-corrected chi connectivity index (χ1v) is 7.29. The zero-order valence-electron chi connectivity index (χ0n) is 10.1. The Bertz CT molecular complexity index is 328.